The quantitative estimate of drug-likeness (QED) is 0.913. The third-order valence-corrected chi connectivity index (χ3v) is 6.74. The van der Waals surface area contributed by atoms with Crippen LogP contribution < -0.4 is 9.47 Å². The van der Waals surface area contributed by atoms with E-state index in [2.05, 4.69) is 0 Å². The van der Waals surface area contributed by atoms with E-state index in [-0.39, 0.29) is 6.10 Å². The fraction of sp³-hybridized carbons (Fsp3) is 0.700. The van der Waals surface area contributed by atoms with Gasteiger partial charge in [-0.2, -0.15) is 0 Å². The highest BCUT2D eigenvalue weighted by atomic mass is 16.6. The molecule has 1 aromatic carbocycles. The van der Waals surface area contributed by atoms with Crippen LogP contribution in [0.1, 0.15) is 56.6 Å². The molecule has 3 heteroatoms. The molecule has 0 aromatic heterocycles. The van der Waals surface area contributed by atoms with Crippen LogP contribution in [-0.2, 0) is 0 Å². The largest absolute Gasteiger partial charge is 0.486 e. The van der Waals surface area contributed by atoms with Crippen LogP contribution in [0, 0.1) is 23.2 Å². The number of aliphatic hydroxyl groups is 1. The standard InChI is InChI=1S/C20H26O3/c21-17(16-1-2-18-19(8-16)23-4-3-22-18)12-20-9-13-5-14(10-20)7-15(6-13)11-20/h1-2,8,13-15,17,21H,3-7,9-12H2. The Morgan fingerprint density at radius 2 is 1.57 bits per heavy atom. The second-order valence-electron chi connectivity index (χ2n) is 8.54. The zero-order valence-corrected chi connectivity index (χ0v) is 13.7. The molecule has 124 valence electrons. The van der Waals surface area contributed by atoms with Gasteiger partial charge in [-0.15, -0.1) is 0 Å². The maximum absolute atomic E-state index is 10.9. The van der Waals surface area contributed by atoms with Crippen molar-refractivity contribution < 1.29 is 14.6 Å². The smallest absolute Gasteiger partial charge is 0.161 e. The van der Waals surface area contributed by atoms with Crippen LogP contribution >= 0.6 is 0 Å². The molecule has 1 atom stereocenters. The first-order valence-corrected chi connectivity index (χ1v) is 9.27. The van der Waals surface area contributed by atoms with Gasteiger partial charge in [-0.25, -0.2) is 0 Å². The van der Waals surface area contributed by atoms with Gasteiger partial charge in [0.15, 0.2) is 11.5 Å². The summed E-state index contributed by atoms with van der Waals surface area (Å²) in [6.45, 7) is 1.21. The Hall–Kier alpha value is -1.22. The van der Waals surface area contributed by atoms with Crippen molar-refractivity contribution in [1.29, 1.82) is 0 Å². The molecule has 3 nitrogen and oxygen atoms in total. The van der Waals surface area contributed by atoms with E-state index in [0.29, 0.717) is 18.6 Å². The maximum atomic E-state index is 10.9. The van der Waals surface area contributed by atoms with Crippen LogP contribution in [0.25, 0.3) is 0 Å². The number of ether oxygens (including phenoxy) is 2. The van der Waals surface area contributed by atoms with Crippen molar-refractivity contribution in [3.05, 3.63) is 23.8 Å². The summed E-state index contributed by atoms with van der Waals surface area (Å²) in [6, 6.07) is 5.95. The second-order valence-corrected chi connectivity index (χ2v) is 8.54. The fourth-order valence-electron chi connectivity index (χ4n) is 6.34. The second kappa shape index (κ2) is 5.14. The number of hydrogen-bond acceptors (Lipinski definition) is 3. The summed E-state index contributed by atoms with van der Waals surface area (Å²) in [5, 5.41) is 10.9. The molecule has 1 heterocycles. The lowest BCUT2D eigenvalue weighted by Crippen LogP contribution is -2.46. The fourth-order valence-corrected chi connectivity index (χ4v) is 6.34. The number of benzene rings is 1. The van der Waals surface area contributed by atoms with E-state index in [0.717, 1.165) is 41.2 Å². The summed E-state index contributed by atoms with van der Waals surface area (Å²) in [4.78, 5) is 0. The van der Waals surface area contributed by atoms with Gasteiger partial charge in [-0.05, 0) is 85.8 Å². The van der Waals surface area contributed by atoms with Crippen LogP contribution in [0.3, 0.4) is 0 Å². The van der Waals surface area contributed by atoms with E-state index in [1.807, 2.05) is 18.2 Å². The summed E-state index contributed by atoms with van der Waals surface area (Å²) in [5.74, 6) is 4.41. The maximum Gasteiger partial charge on any atom is 0.161 e. The van der Waals surface area contributed by atoms with Crippen LogP contribution in [0.4, 0.5) is 0 Å². The van der Waals surface area contributed by atoms with Crippen molar-refractivity contribution in [2.45, 2.75) is 51.0 Å². The van der Waals surface area contributed by atoms with Crippen molar-refractivity contribution in [2.75, 3.05) is 13.2 Å². The topological polar surface area (TPSA) is 38.7 Å². The van der Waals surface area contributed by atoms with Crippen molar-refractivity contribution >= 4 is 0 Å². The lowest BCUT2D eigenvalue weighted by molar-refractivity contribution is -0.0764. The lowest BCUT2D eigenvalue weighted by atomic mass is 9.48. The molecule has 0 radical (unpaired) electrons. The molecule has 1 aliphatic heterocycles. The number of rotatable bonds is 3. The Kier molecular flexibility index (Phi) is 3.16. The normalized spacial score (nSPS) is 38.6. The summed E-state index contributed by atoms with van der Waals surface area (Å²) in [5.41, 5.74) is 1.39. The Balaban J connectivity index is 1.36. The molecule has 6 rings (SSSR count). The highest BCUT2D eigenvalue weighted by Gasteiger charge is 2.51. The Morgan fingerprint density at radius 3 is 2.22 bits per heavy atom. The monoisotopic (exact) mass is 314 g/mol. The first kappa shape index (κ1) is 14.2. The summed E-state index contributed by atoms with van der Waals surface area (Å²) >= 11 is 0. The predicted molar refractivity (Wildman–Crippen MR) is 87.6 cm³/mol. The molecular weight excluding hydrogens is 288 g/mol. The van der Waals surface area contributed by atoms with Crippen LogP contribution in [-0.4, -0.2) is 18.3 Å². The number of aliphatic hydroxyl groups excluding tert-OH is 1. The van der Waals surface area contributed by atoms with Gasteiger partial charge in [0.1, 0.15) is 13.2 Å². The number of hydrogen-bond donors (Lipinski definition) is 1. The zero-order valence-electron chi connectivity index (χ0n) is 13.7. The van der Waals surface area contributed by atoms with Gasteiger partial charge in [0, 0.05) is 0 Å². The Labute approximate surface area is 138 Å². The minimum Gasteiger partial charge on any atom is -0.486 e. The Morgan fingerprint density at radius 1 is 0.957 bits per heavy atom. The summed E-state index contributed by atoms with van der Waals surface area (Å²) < 4.78 is 11.3. The predicted octanol–water partition coefficient (Wildman–Crippen LogP) is 4.10. The van der Waals surface area contributed by atoms with Crippen molar-refractivity contribution in [3.63, 3.8) is 0 Å². The third kappa shape index (κ3) is 2.44. The van der Waals surface area contributed by atoms with Crippen molar-refractivity contribution in [3.8, 4) is 11.5 Å². The minimum absolute atomic E-state index is 0.373. The molecule has 1 aromatic rings. The molecular formula is C20H26O3. The minimum atomic E-state index is -0.373. The van der Waals surface area contributed by atoms with E-state index in [1.165, 1.54) is 38.5 Å². The third-order valence-electron chi connectivity index (χ3n) is 6.74. The van der Waals surface area contributed by atoms with Crippen LogP contribution in [0.2, 0.25) is 0 Å². The average molecular weight is 314 g/mol. The SMILES string of the molecule is OC(CC12CC3CC(CC(C3)C1)C2)c1ccc2c(c1)OCCO2. The molecule has 4 fully saturated rings. The average Bonchev–Trinajstić information content (AvgIpc) is 2.52. The number of fused-ring (bicyclic) bond motifs is 1. The van der Waals surface area contributed by atoms with Gasteiger partial charge < -0.3 is 14.6 Å². The molecule has 5 aliphatic rings. The Bertz CT molecular complexity index is 574. The molecule has 4 bridgehead atoms. The highest BCUT2D eigenvalue weighted by molar-refractivity contribution is 5.44. The zero-order chi connectivity index (χ0) is 15.4. The molecule has 4 saturated carbocycles. The summed E-state index contributed by atoms with van der Waals surface area (Å²) in [7, 11) is 0. The molecule has 0 saturated heterocycles. The van der Waals surface area contributed by atoms with Gasteiger partial charge in [0.25, 0.3) is 0 Å². The van der Waals surface area contributed by atoms with Gasteiger partial charge in [0.05, 0.1) is 6.10 Å². The van der Waals surface area contributed by atoms with E-state index in [9.17, 15) is 5.11 Å². The van der Waals surface area contributed by atoms with Crippen LogP contribution in [0.5, 0.6) is 11.5 Å². The van der Waals surface area contributed by atoms with E-state index < -0.39 is 0 Å². The summed E-state index contributed by atoms with van der Waals surface area (Å²) in [6.07, 6.45) is 8.97. The van der Waals surface area contributed by atoms with Gasteiger partial charge >= 0.3 is 0 Å². The van der Waals surface area contributed by atoms with Gasteiger partial charge in [0.2, 0.25) is 0 Å². The molecule has 4 aliphatic carbocycles. The lowest BCUT2D eigenvalue weighted by Gasteiger charge is -2.57. The molecule has 23 heavy (non-hydrogen) atoms. The van der Waals surface area contributed by atoms with Crippen molar-refractivity contribution in [1.82, 2.24) is 0 Å². The highest BCUT2D eigenvalue weighted by Crippen LogP contribution is 2.62. The first-order valence-electron chi connectivity index (χ1n) is 9.27. The van der Waals surface area contributed by atoms with E-state index >= 15 is 0 Å². The first-order chi connectivity index (χ1) is 11.2. The molecule has 1 N–H and O–H groups in total. The van der Waals surface area contributed by atoms with E-state index in [1.54, 1.807) is 0 Å². The van der Waals surface area contributed by atoms with Gasteiger partial charge in [-0.1, -0.05) is 6.07 Å². The van der Waals surface area contributed by atoms with Gasteiger partial charge in [-0.3, -0.25) is 0 Å². The molecule has 0 spiro atoms. The van der Waals surface area contributed by atoms with E-state index in [4.69, 9.17) is 9.47 Å². The van der Waals surface area contributed by atoms with Crippen molar-refractivity contribution in [2.24, 2.45) is 23.2 Å². The van der Waals surface area contributed by atoms with Crippen LogP contribution in [0.15, 0.2) is 18.2 Å². The molecule has 0 amide bonds. The molecule has 1 unspecified atom stereocenters.